The highest BCUT2D eigenvalue weighted by molar-refractivity contribution is 5.40. The lowest BCUT2D eigenvalue weighted by Gasteiger charge is -2.24. The van der Waals surface area contributed by atoms with Crippen molar-refractivity contribution in [3.63, 3.8) is 0 Å². The summed E-state index contributed by atoms with van der Waals surface area (Å²) in [6.07, 6.45) is 6.54. The topological polar surface area (TPSA) is 50.1 Å². The molecule has 4 nitrogen and oxygen atoms in total. The van der Waals surface area contributed by atoms with Crippen molar-refractivity contribution in [3.05, 3.63) is 11.8 Å². The smallest absolute Gasteiger partial charge is 0.124 e. The summed E-state index contributed by atoms with van der Waals surface area (Å²) in [6.45, 7) is 2.22. The lowest BCUT2D eigenvalue weighted by molar-refractivity contribution is 0.244. The van der Waals surface area contributed by atoms with E-state index in [-0.39, 0.29) is 6.61 Å². The number of aliphatic hydroxyl groups excluding tert-OH is 1. The molecule has 2 N–H and O–H groups in total. The molecule has 0 spiro atoms. The Morgan fingerprint density at radius 2 is 2.32 bits per heavy atom. The molecule has 1 aromatic rings. The van der Waals surface area contributed by atoms with Crippen molar-refractivity contribution < 1.29 is 5.11 Å². The molecule has 2 saturated carbocycles. The number of anilines is 1. The van der Waals surface area contributed by atoms with Gasteiger partial charge in [0.05, 0.1) is 5.69 Å². The molecule has 4 heteroatoms. The molecule has 1 aliphatic heterocycles. The average Bonchev–Trinajstić information content (AvgIpc) is 3.12. The summed E-state index contributed by atoms with van der Waals surface area (Å²) < 4.78 is 2.13. The van der Waals surface area contributed by atoms with Gasteiger partial charge in [-0.05, 0) is 43.4 Å². The van der Waals surface area contributed by atoms with Gasteiger partial charge in [0.25, 0.3) is 0 Å². The molecule has 1 aromatic heterocycles. The molecule has 2 aliphatic carbocycles. The van der Waals surface area contributed by atoms with Gasteiger partial charge in [-0.2, -0.15) is 5.10 Å². The van der Waals surface area contributed by atoms with Gasteiger partial charge in [0.2, 0.25) is 0 Å². The molecule has 3 aliphatic rings. The number of hydrogen-bond acceptors (Lipinski definition) is 3. The van der Waals surface area contributed by atoms with Gasteiger partial charge in [-0.3, -0.25) is 0 Å². The summed E-state index contributed by atoms with van der Waals surface area (Å²) >= 11 is 0. The zero-order valence-electron chi connectivity index (χ0n) is 11.4. The minimum Gasteiger partial charge on any atom is -0.396 e. The summed E-state index contributed by atoms with van der Waals surface area (Å²) in [5.74, 6) is 4.30. The fraction of sp³-hybridized carbons (Fsp3) is 0.800. The molecular formula is C15H23N3O. The Bertz CT molecular complexity index is 470. The lowest BCUT2D eigenvalue weighted by atomic mass is 9.86. The largest absolute Gasteiger partial charge is 0.396 e. The van der Waals surface area contributed by atoms with Crippen LogP contribution < -0.4 is 5.32 Å². The zero-order chi connectivity index (χ0) is 12.8. The van der Waals surface area contributed by atoms with Crippen molar-refractivity contribution in [1.82, 2.24) is 9.78 Å². The number of aromatic nitrogens is 2. The number of nitrogens with zero attached hydrogens (tertiary/aromatic N) is 2. The summed E-state index contributed by atoms with van der Waals surface area (Å²) in [7, 11) is 0. The molecule has 0 radical (unpaired) electrons. The van der Waals surface area contributed by atoms with E-state index < -0.39 is 0 Å². The minimum atomic E-state index is 0.280. The third kappa shape index (κ3) is 1.97. The van der Waals surface area contributed by atoms with Gasteiger partial charge < -0.3 is 10.4 Å². The Labute approximate surface area is 114 Å². The number of hydrogen-bond donors (Lipinski definition) is 2. The van der Waals surface area contributed by atoms with Crippen molar-refractivity contribution >= 4 is 5.82 Å². The molecule has 0 saturated heterocycles. The van der Waals surface area contributed by atoms with Crippen LogP contribution in [0.5, 0.6) is 0 Å². The van der Waals surface area contributed by atoms with E-state index >= 15 is 0 Å². The van der Waals surface area contributed by atoms with Crippen LogP contribution >= 0.6 is 0 Å². The lowest BCUT2D eigenvalue weighted by Crippen LogP contribution is -2.28. The van der Waals surface area contributed by atoms with Crippen LogP contribution in [0.15, 0.2) is 6.07 Å². The first-order valence-electron chi connectivity index (χ1n) is 7.76. The predicted octanol–water partition coefficient (Wildman–Crippen LogP) is 2.21. The monoisotopic (exact) mass is 261 g/mol. The Hall–Kier alpha value is -1.03. The zero-order valence-corrected chi connectivity index (χ0v) is 11.4. The predicted molar refractivity (Wildman–Crippen MR) is 74.1 cm³/mol. The molecular weight excluding hydrogens is 238 g/mol. The normalized spacial score (nSPS) is 36.3. The standard InChI is InChI=1S/C15H23N3O/c19-4-3-11-8-16-15-7-14(17-18(15)9-11)13-6-10-1-2-12(13)5-10/h7,10-13,16,19H,1-6,8-9H2. The highest BCUT2D eigenvalue weighted by Crippen LogP contribution is 2.52. The molecule has 2 heterocycles. The van der Waals surface area contributed by atoms with E-state index in [9.17, 15) is 0 Å². The maximum absolute atomic E-state index is 9.06. The van der Waals surface area contributed by atoms with Crippen molar-refractivity contribution in [2.75, 3.05) is 18.5 Å². The second kappa shape index (κ2) is 4.51. The molecule has 2 bridgehead atoms. The SMILES string of the molecule is OCCC1CNc2cc(C3CC4CCC3C4)nn2C1. The van der Waals surface area contributed by atoms with Gasteiger partial charge in [-0.1, -0.05) is 6.42 Å². The third-order valence-corrected chi connectivity index (χ3v) is 5.46. The Balaban J connectivity index is 1.53. The quantitative estimate of drug-likeness (QED) is 0.877. The van der Waals surface area contributed by atoms with Gasteiger partial charge in [-0.25, -0.2) is 4.68 Å². The van der Waals surface area contributed by atoms with Crippen LogP contribution in [0.2, 0.25) is 0 Å². The van der Waals surface area contributed by atoms with Gasteiger partial charge in [-0.15, -0.1) is 0 Å². The fourth-order valence-electron chi connectivity index (χ4n) is 4.44. The first kappa shape index (κ1) is 11.8. The summed E-state index contributed by atoms with van der Waals surface area (Å²) in [5.41, 5.74) is 1.32. The average molecular weight is 261 g/mol. The number of nitrogens with one attached hydrogen (secondary N) is 1. The number of rotatable bonds is 3. The van der Waals surface area contributed by atoms with Crippen molar-refractivity contribution in [1.29, 1.82) is 0 Å². The van der Waals surface area contributed by atoms with Crippen LogP contribution in [0.3, 0.4) is 0 Å². The van der Waals surface area contributed by atoms with E-state index in [4.69, 9.17) is 10.2 Å². The number of aliphatic hydroxyl groups is 1. The summed E-state index contributed by atoms with van der Waals surface area (Å²) in [6, 6.07) is 2.28. The summed E-state index contributed by atoms with van der Waals surface area (Å²) in [5, 5.41) is 17.4. The molecule has 4 unspecified atom stereocenters. The van der Waals surface area contributed by atoms with Crippen LogP contribution in [0.4, 0.5) is 5.82 Å². The van der Waals surface area contributed by atoms with Crippen LogP contribution in [0, 0.1) is 17.8 Å². The second-order valence-corrected chi connectivity index (χ2v) is 6.68. The third-order valence-electron chi connectivity index (χ3n) is 5.46. The van der Waals surface area contributed by atoms with Crippen LogP contribution in [0.1, 0.15) is 43.7 Å². The van der Waals surface area contributed by atoms with E-state index in [0.717, 1.165) is 37.3 Å². The van der Waals surface area contributed by atoms with Crippen LogP contribution in [-0.4, -0.2) is 28.0 Å². The van der Waals surface area contributed by atoms with Crippen molar-refractivity contribution in [2.24, 2.45) is 17.8 Å². The van der Waals surface area contributed by atoms with Crippen molar-refractivity contribution in [2.45, 2.75) is 44.6 Å². The Morgan fingerprint density at radius 1 is 1.37 bits per heavy atom. The van der Waals surface area contributed by atoms with E-state index in [0.29, 0.717) is 5.92 Å². The maximum atomic E-state index is 9.06. The Kier molecular flexibility index (Phi) is 2.79. The molecule has 2 fully saturated rings. The second-order valence-electron chi connectivity index (χ2n) is 6.68. The molecule has 4 rings (SSSR count). The first-order chi connectivity index (χ1) is 9.33. The van der Waals surface area contributed by atoms with Crippen LogP contribution in [-0.2, 0) is 6.54 Å². The highest BCUT2D eigenvalue weighted by Gasteiger charge is 2.41. The Morgan fingerprint density at radius 3 is 3.05 bits per heavy atom. The first-order valence-corrected chi connectivity index (χ1v) is 7.76. The molecule has 104 valence electrons. The van der Waals surface area contributed by atoms with E-state index in [1.807, 2.05) is 0 Å². The minimum absolute atomic E-state index is 0.280. The van der Waals surface area contributed by atoms with Gasteiger partial charge >= 0.3 is 0 Å². The van der Waals surface area contributed by atoms with Gasteiger partial charge in [0.1, 0.15) is 5.82 Å². The fourth-order valence-corrected chi connectivity index (χ4v) is 4.44. The van der Waals surface area contributed by atoms with E-state index in [2.05, 4.69) is 16.1 Å². The molecule has 0 aromatic carbocycles. The van der Waals surface area contributed by atoms with Crippen LogP contribution in [0.25, 0.3) is 0 Å². The van der Waals surface area contributed by atoms with E-state index in [1.54, 1.807) is 0 Å². The van der Waals surface area contributed by atoms with E-state index in [1.165, 1.54) is 37.2 Å². The van der Waals surface area contributed by atoms with Gasteiger partial charge in [0.15, 0.2) is 0 Å². The van der Waals surface area contributed by atoms with Gasteiger partial charge in [0, 0.05) is 31.7 Å². The maximum Gasteiger partial charge on any atom is 0.124 e. The molecule has 0 amide bonds. The van der Waals surface area contributed by atoms with Crippen molar-refractivity contribution in [3.8, 4) is 0 Å². The summed E-state index contributed by atoms with van der Waals surface area (Å²) in [4.78, 5) is 0. The number of fused-ring (bicyclic) bond motifs is 3. The molecule has 19 heavy (non-hydrogen) atoms. The molecule has 4 atom stereocenters. The highest BCUT2D eigenvalue weighted by atomic mass is 16.3.